The Labute approximate surface area is 192 Å². The Kier molecular flexibility index (Phi) is 8.87. The zero-order valence-corrected chi connectivity index (χ0v) is 20.1. The number of amides is 1. The second kappa shape index (κ2) is 11.6. The predicted molar refractivity (Wildman–Crippen MR) is 131 cm³/mol. The van der Waals surface area contributed by atoms with E-state index in [0.717, 1.165) is 51.8 Å². The maximum atomic E-state index is 13.1. The summed E-state index contributed by atoms with van der Waals surface area (Å²) in [6, 6.07) is 12.8. The van der Waals surface area contributed by atoms with E-state index in [1.165, 1.54) is 17.7 Å². The number of thiazole rings is 1. The Balaban J connectivity index is 1.66. The average Bonchev–Trinajstić information content (AvgIpc) is 3.19. The van der Waals surface area contributed by atoms with Crippen molar-refractivity contribution in [2.24, 2.45) is 0 Å². The molecule has 1 amide bonds. The molecule has 166 valence electrons. The minimum absolute atomic E-state index is 0.121. The van der Waals surface area contributed by atoms with Gasteiger partial charge in [-0.2, -0.15) is 0 Å². The lowest BCUT2D eigenvalue weighted by Gasteiger charge is -2.21. The molecule has 1 aromatic heterocycles. The largest absolute Gasteiger partial charge is 0.309 e. The number of para-hydroxylation sites is 1. The number of thioether (sulfide) groups is 1. The molecule has 0 fully saturated rings. The minimum atomic E-state index is -0.227. The molecule has 0 unspecified atom stereocenters. The Hall–Kier alpha value is -1.96. The van der Waals surface area contributed by atoms with Gasteiger partial charge in [0.1, 0.15) is 5.82 Å². The summed E-state index contributed by atoms with van der Waals surface area (Å²) < 4.78 is 14.2. The number of anilines is 1. The van der Waals surface area contributed by atoms with Crippen LogP contribution >= 0.6 is 23.1 Å². The number of carbonyl (C=O) groups excluding carboxylic acids is 1. The van der Waals surface area contributed by atoms with Gasteiger partial charge in [-0.1, -0.05) is 30.4 Å². The molecule has 0 saturated heterocycles. The summed E-state index contributed by atoms with van der Waals surface area (Å²) in [6.07, 6.45) is 3.08. The van der Waals surface area contributed by atoms with Crippen LogP contribution < -0.4 is 4.90 Å². The number of hydrogen-bond acceptors (Lipinski definition) is 5. The molecule has 4 nitrogen and oxygen atoms in total. The number of aromatic nitrogens is 1. The summed E-state index contributed by atoms with van der Waals surface area (Å²) in [5.74, 6) is 0.716. The van der Waals surface area contributed by atoms with Gasteiger partial charge in [-0.05, 0) is 81.6 Å². The van der Waals surface area contributed by atoms with Gasteiger partial charge in [0.15, 0.2) is 5.13 Å². The van der Waals surface area contributed by atoms with E-state index in [9.17, 15) is 9.18 Å². The van der Waals surface area contributed by atoms with Gasteiger partial charge in [0.25, 0.3) is 0 Å². The molecule has 2 aromatic carbocycles. The zero-order valence-electron chi connectivity index (χ0n) is 18.4. The van der Waals surface area contributed by atoms with Crippen LogP contribution in [0, 0.1) is 5.82 Å². The Morgan fingerprint density at radius 3 is 2.58 bits per heavy atom. The van der Waals surface area contributed by atoms with Gasteiger partial charge in [-0.3, -0.25) is 9.69 Å². The van der Waals surface area contributed by atoms with Crippen LogP contribution in [0.15, 0.2) is 47.4 Å². The van der Waals surface area contributed by atoms with Crippen molar-refractivity contribution in [3.63, 3.8) is 0 Å². The number of aryl methyl sites for hydroxylation is 1. The standard InChI is InChI=1S/C24H30FN3OS2/c1-4-18-8-5-9-21-23(18)26-24(31-21)28(16-7-15-27(2)3)22(29)10-6-17-30-20-13-11-19(25)12-14-20/h5,8-9,11-14H,4,6-7,10,15-17H2,1-3H3. The molecule has 3 rings (SSSR count). The fraction of sp³-hybridized carbons (Fsp3) is 0.417. The van der Waals surface area contributed by atoms with E-state index in [4.69, 9.17) is 4.98 Å². The van der Waals surface area contributed by atoms with Crippen molar-refractivity contribution >= 4 is 44.4 Å². The quantitative estimate of drug-likeness (QED) is 0.266. The first-order valence-electron chi connectivity index (χ1n) is 10.7. The smallest absolute Gasteiger partial charge is 0.228 e. The first-order chi connectivity index (χ1) is 15.0. The molecule has 7 heteroatoms. The number of halogens is 1. The van der Waals surface area contributed by atoms with Crippen molar-refractivity contribution in [1.29, 1.82) is 0 Å². The molecular weight excluding hydrogens is 429 g/mol. The third-order valence-electron chi connectivity index (χ3n) is 5.01. The highest BCUT2D eigenvalue weighted by molar-refractivity contribution is 7.99. The monoisotopic (exact) mass is 459 g/mol. The highest BCUT2D eigenvalue weighted by atomic mass is 32.2. The van der Waals surface area contributed by atoms with E-state index in [0.29, 0.717) is 13.0 Å². The van der Waals surface area contributed by atoms with Crippen molar-refractivity contribution in [2.75, 3.05) is 37.8 Å². The van der Waals surface area contributed by atoms with Gasteiger partial charge in [-0.15, -0.1) is 11.8 Å². The summed E-state index contributed by atoms with van der Waals surface area (Å²) in [5, 5.41) is 0.797. The molecule has 0 bridgehead atoms. The zero-order chi connectivity index (χ0) is 22.2. The van der Waals surface area contributed by atoms with Gasteiger partial charge < -0.3 is 4.90 Å². The van der Waals surface area contributed by atoms with Crippen LogP contribution in [0.25, 0.3) is 10.2 Å². The van der Waals surface area contributed by atoms with Crippen molar-refractivity contribution in [1.82, 2.24) is 9.88 Å². The summed E-state index contributed by atoms with van der Waals surface area (Å²) >= 11 is 3.25. The van der Waals surface area contributed by atoms with Gasteiger partial charge in [0.05, 0.1) is 10.2 Å². The van der Waals surface area contributed by atoms with Crippen LogP contribution in [0.4, 0.5) is 9.52 Å². The fourth-order valence-electron chi connectivity index (χ4n) is 3.35. The molecule has 3 aromatic rings. The normalized spacial score (nSPS) is 11.4. The summed E-state index contributed by atoms with van der Waals surface area (Å²) in [4.78, 5) is 23.0. The minimum Gasteiger partial charge on any atom is -0.309 e. The third kappa shape index (κ3) is 6.76. The summed E-state index contributed by atoms with van der Waals surface area (Å²) in [7, 11) is 4.09. The van der Waals surface area contributed by atoms with Crippen molar-refractivity contribution in [3.8, 4) is 0 Å². The maximum absolute atomic E-state index is 13.1. The molecule has 0 aliphatic rings. The Bertz CT molecular complexity index is 988. The van der Waals surface area contributed by atoms with Crippen LogP contribution in [-0.2, 0) is 11.2 Å². The van der Waals surface area contributed by atoms with Crippen molar-refractivity contribution < 1.29 is 9.18 Å². The molecule has 0 aliphatic heterocycles. The van der Waals surface area contributed by atoms with E-state index in [-0.39, 0.29) is 11.7 Å². The van der Waals surface area contributed by atoms with Crippen LogP contribution in [-0.4, -0.2) is 48.7 Å². The SMILES string of the molecule is CCc1cccc2sc(N(CCCN(C)C)C(=O)CCCSc3ccc(F)cc3)nc12. The van der Waals surface area contributed by atoms with Gasteiger partial charge in [0.2, 0.25) is 5.91 Å². The van der Waals surface area contributed by atoms with Crippen LogP contribution in [0.1, 0.15) is 31.7 Å². The summed E-state index contributed by atoms with van der Waals surface area (Å²) in [6.45, 7) is 3.73. The number of nitrogens with zero attached hydrogens (tertiary/aromatic N) is 3. The number of rotatable bonds is 11. The van der Waals surface area contributed by atoms with Crippen molar-refractivity contribution in [2.45, 2.75) is 37.5 Å². The van der Waals surface area contributed by atoms with E-state index in [1.54, 1.807) is 35.2 Å². The molecule has 1 heterocycles. The lowest BCUT2D eigenvalue weighted by Crippen LogP contribution is -2.33. The first kappa shape index (κ1) is 23.7. The van der Waals surface area contributed by atoms with Crippen LogP contribution in [0.3, 0.4) is 0 Å². The second-order valence-electron chi connectivity index (χ2n) is 7.72. The fourth-order valence-corrected chi connectivity index (χ4v) is 5.26. The topological polar surface area (TPSA) is 36.4 Å². The number of carbonyl (C=O) groups is 1. The second-order valence-corrected chi connectivity index (χ2v) is 9.90. The van der Waals surface area contributed by atoms with E-state index >= 15 is 0 Å². The molecule has 0 atom stereocenters. The van der Waals surface area contributed by atoms with Gasteiger partial charge in [-0.25, -0.2) is 9.37 Å². The van der Waals surface area contributed by atoms with E-state index < -0.39 is 0 Å². The highest BCUT2D eigenvalue weighted by Gasteiger charge is 2.20. The van der Waals surface area contributed by atoms with E-state index in [1.807, 2.05) is 19.0 Å². The van der Waals surface area contributed by atoms with Gasteiger partial charge in [0, 0.05) is 17.9 Å². The molecule has 0 N–H and O–H groups in total. The predicted octanol–water partition coefficient (Wildman–Crippen LogP) is 5.86. The van der Waals surface area contributed by atoms with Crippen LogP contribution in [0.5, 0.6) is 0 Å². The third-order valence-corrected chi connectivity index (χ3v) is 7.15. The lowest BCUT2D eigenvalue weighted by molar-refractivity contribution is -0.118. The van der Waals surface area contributed by atoms with Gasteiger partial charge >= 0.3 is 0 Å². The molecule has 0 saturated carbocycles. The highest BCUT2D eigenvalue weighted by Crippen LogP contribution is 2.32. The number of fused-ring (bicyclic) bond motifs is 1. The molecule has 0 radical (unpaired) electrons. The molecule has 0 spiro atoms. The Morgan fingerprint density at radius 2 is 1.87 bits per heavy atom. The van der Waals surface area contributed by atoms with E-state index in [2.05, 4.69) is 30.0 Å². The van der Waals surface area contributed by atoms with Crippen molar-refractivity contribution in [3.05, 3.63) is 53.8 Å². The Morgan fingerprint density at radius 1 is 1.10 bits per heavy atom. The summed E-state index contributed by atoms with van der Waals surface area (Å²) in [5.41, 5.74) is 2.23. The molecule has 31 heavy (non-hydrogen) atoms. The number of hydrogen-bond donors (Lipinski definition) is 0. The average molecular weight is 460 g/mol. The van der Waals surface area contributed by atoms with Crippen LogP contribution in [0.2, 0.25) is 0 Å². The lowest BCUT2D eigenvalue weighted by atomic mass is 10.1. The maximum Gasteiger partial charge on any atom is 0.228 e. The number of benzene rings is 2. The molecule has 0 aliphatic carbocycles. The first-order valence-corrected chi connectivity index (χ1v) is 12.5. The molecular formula is C24H30FN3OS2.